The van der Waals surface area contributed by atoms with Crippen molar-refractivity contribution in [3.63, 3.8) is 0 Å². The minimum atomic E-state index is 0.174. The molecule has 1 atom stereocenters. The van der Waals surface area contributed by atoms with Gasteiger partial charge in [-0.25, -0.2) is 0 Å². The quantitative estimate of drug-likeness (QED) is 0.644. The number of benzene rings is 1. The fourth-order valence-corrected chi connectivity index (χ4v) is 1.37. The van der Waals surface area contributed by atoms with Gasteiger partial charge in [0.25, 0.3) is 0 Å². The minimum absolute atomic E-state index is 0.174. The third-order valence-corrected chi connectivity index (χ3v) is 2.14. The van der Waals surface area contributed by atoms with Gasteiger partial charge in [0, 0.05) is 36.2 Å². The molecule has 0 heterocycles. The molecule has 84 valence electrons. The van der Waals surface area contributed by atoms with E-state index >= 15 is 0 Å². The fraction of sp³-hybridized carbons (Fsp3) is 0.455. The molecule has 0 aliphatic carbocycles. The molecule has 0 fully saturated rings. The highest BCUT2D eigenvalue weighted by molar-refractivity contribution is 5.59. The molecule has 1 rings (SSSR count). The largest absolute Gasteiger partial charge is 0.497 e. The van der Waals surface area contributed by atoms with Crippen LogP contribution in [0.25, 0.3) is 0 Å². The Balaban J connectivity index is 2.71. The van der Waals surface area contributed by atoms with Crippen LogP contribution in [0.3, 0.4) is 0 Å². The van der Waals surface area contributed by atoms with Gasteiger partial charge >= 0.3 is 0 Å². The summed E-state index contributed by atoms with van der Waals surface area (Å²) >= 11 is 0. The van der Waals surface area contributed by atoms with Crippen LogP contribution >= 0.6 is 0 Å². The maximum absolute atomic E-state index is 8.78. The van der Waals surface area contributed by atoms with Crippen LogP contribution in [0.2, 0.25) is 0 Å². The molecule has 0 aliphatic heterocycles. The highest BCUT2D eigenvalue weighted by atomic mass is 16.5. The van der Waals surface area contributed by atoms with Crippen LogP contribution < -0.4 is 15.8 Å². The number of aliphatic hydroxyl groups is 1. The Bertz CT molecular complexity index is 315. The third-order valence-electron chi connectivity index (χ3n) is 2.14. The van der Waals surface area contributed by atoms with Crippen molar-refractivity contribution in [3.8, 4) is 5.75 Å². The molecule has 1 aromatic rings. The molecule has 0 spiro atoms. The standard InChI is InChI=1S/C11H18N2O2/c1-8(3-4-14)13-10-5-9(12)6-11(7-10)15-2/h5-8,13-14H,3-4,12H2,1-2H3. The SMILES string of the molecule is COc1cc(N)cc(NC(C)CCO)c1. The molecule has 4 N–H and O–H groups in total. The first-order valence-corrected chi connectivity index (χ1v) is 4.97. The number of nitrogens with one attached hydrogen (secondary N) is 1. The van der Waals surface area contributed by atoms with Crippen LogP contribution in [-0.4, -0.2) is 24.9 Å². The highest BCUT2D eigenvalue weighted by Gasteiger charge is 2.03. The zero-order valence-electron chi connectivity index (χ0n) is 9.16. The van der Waals surface area contributed by atoms with E-state index in [1.807, 2.05) is 19.1 Å². The first kappa shape index (κ1) is 11.7. The van der Waals surface area contributed by atoms with Crippen molar-refractivity contribution in [1.29, 1.82) is 0 Å². The van der Waals surface area contributed by atoms with Crippen molar-refractivity contribution in [3.05, 3.63) is 18.2 Å². The number of anilines is 2. The Kier molecular flexibility index (Phi) is 4.24. The summed E-state index contributed by atoms with van der Waals surface area (Å²) in [4.78, 5) is 0. The zero-order chi connectivity index (χ0) is 11.3. The summed E-state index contributed by atoms with van der Waals surface area (Å²) in [6.07, 6.45) is 0.705. The van der Waals surface area contributed by atoms with Gasteiger partial charge in [-0.2, -0.15) is 0 Å². The number of hydrogen-bond acceptors (Lipinski definition) is 4. The topological polar surface area (TPSA) is 67.5 Å². The van der Waals surface area contributed by atoms with Crippen LogP contribution in [-0.2, 0) is 0 Å². The van der Waals surface area contributed by atoms with Gasteiger partial charge < -0.3 is 20.9 Å². The molecule has 0 amide bonds. The number of hydrogen-bond donors (Lipinski definition) is 3. The maximum atomic E-state index is 8.78. The first-order chi connectivity index (χ1) is 7.15. The van der Waals surface area contributed by atoms with Crippen LogP contribution in [0.5, 0.6) is 5.75 Å². The second-order valence-corrected chi connectivity index (χ2v) is 3.55. The maximum Gasteiger partial charge on any atom is 0.122 e. The van der Waals surface area contributed by atoms with Gasteiger partial charge in [0.2, 0.25) is 0 Å². The Morgan fingerprint density at radius 3 is 2.80 bits per heavy atom. The van der Waals surface area contributed by atoms with E-state index in [4.69, 9.17) is 15.6 Å². The monoisotopic (exact) mass is 210 g/mol. The molecule has 0 aliphatic rings. The van der Waals surface area contributed by atoms with Crippen LogP contribution in [0.1, 0.15) is 13.3 Å². The van der Waals surface area contributed by atoms with Gasteiger partial charge in [-0.1, -0.05) is 0 Å². The number of rotatable bonds is 5. The molecular formula is C11H18N2O2. The van der Waals surface area contributed by atoms with E-state index in [-0.39, 0.29) is 12.6 Å². The van der Waals surface area contributed by atoms with E-state index in [2.05, 4.69) is 5.32 Å². The zero-order valence-corrected chi connectivity index (χ0v) is 9.16. The predicted molar refractivity (Wildman–Crippen MR) is 62.2 cm³/mol. The molecule has 0 radical (unpaired) electrons. The summed E-state index contributed by atoms with van der Waals surface area (Å²) in [7, 11) is 1.61. The number of nitrogens with two attached hydrogens (primary N) is 1. The van der Waals surface area contributed by atoms with E-state index in [0.29, 0.717) is 12.1 Å². The minimum Gasteiger partial charge on any atom is -0.497 e. The molecule has 15 heavy (non-hydrogen) atoms. The van der Waals surface area contributed by atoms with Gasteiger partial charge in [0.05, 0.1) is 7.11 Å². The molecule has 0 aromatic heterocycles. The highest BCUT2D eigenvalue weighted by Crippen LogP contribution is 2.22. The number of methoxy groups -OCH3 is 1. The number of aliphatic hydroxyl groups excluding tert-OH is 1. The smallest absolute Gasteiger partial charge is 0.122 e. The summed E-state index contributed by atoms with van der Waals surface area (Å²) in [6.45, 7) is 2.18. The molecule has 1 unspecified atom stereocenters. The van der Waals surface area contributed by atoms with Gasteiger partial charge in [-0.15, -0.1) is 0 Å². The molecule has 0 saturated carbocycles. The van der Waals surface area contributed by atoms with Gasteiger partial charge in [-0.3, -0.25) is 0 Å². The average Bonchev–Trinajstić information content (AvgIpc) is 2.17. The van der Waals surface area contributed by atoms with E-state index in [9.17, 15) is 0 Å². The van der Waals surface area contributed by atoms with E-state index in [1.165, 1.54) is 0 Å². The molecule has 0 saturated heterocycles. The number of nitrogen functional groups attached to an aromatic ring is 1. The van der Waals surface area contributed by atoms with E-state index in [0.717, 1.165) is 11.4 Å². The van der Waals surface area contributed by atoms with Crippen molar-refractivity contribution < 1.29 is 9.84 Å². The molecule has 1 aromatic carbocycles. The summed E-state index contributed by atoms with van der Waals surface area (Å²) in [5, 5.41) is 12.0. The van der Waals surface area contributed by atoms with Gasteiger partial charge in [0.15, 0.2) is 0 Å². The van der Waals surface area contributed by atoms with Gasteiger partial charge in [0.1, 0.15) is 5.75 Å². The Morgan fingerprint density at radius 1 is 1.47 bits per heavy atom. The summed E-state index contributed by atoms with van der Waals surface area (Å²) in [6, 6.07) is 5.70. The Hall–Kier alpha value is -1.42. The predicted octanol–water partition coefficient (Wildman–Crippen LogP) is 1.46. The van der Waals surface area contributed by atoms with Gasteiger partial charge in [-0.05, 0) is 19.4 Å². The second kappa shape index (κ2) is 5.46. The third kappa shape index (κ3) is 3.67. The van der Waals surface area contributed by atoms with Crippen molar-refractivity contribution in [1.82, 2.24) is 0 Å². The summed E-state index contributed by atoms with van der Waals surface area (Å²) in [5.41, 5.74) is 7.29. The van der Waals surface area contributed by atoms with E-state index < -0.39 is 0 Å². The van der Waals surface area contributed by atoms with Crippen LogP contribution in [0.15, 0.2) is 18.2 Å². The lowest BCUT2D eigenvalue weighted by Crippen LogP contribution is -2.16. The summed E-state index contributed by atoms with van der Waals surface area (Å²) < 4.78 is 5.11. The fourth-order valence-electron chi connectivity index (χ4n) is 1.37. The Labute approximate surface area is 90.1 Å². The van der Waals surface area contributed by atoms with Crippen LogP contribution in [0, 0.1) is 0 Å². The lowest BCUT2D eigenvalue weighted by molar-refractivity contribution is 0.282. The van der Waals surface area contributed by atoms with Crippen molar-refractivity contribution >= 4 is 11.4 Å². The lowest BCUT2D eigenvalue weighted by atomic mass is 10.2. The molecule has 4 nitrogen and oxygen atoms in total. The van der Waals surface area contributed by atoms with Crippen molar-refractivity contribution in [2.24, 2.45) is 0 Å². The van der Waals surface area contributed by atoms with Crippen molar-refractivity contribution in [2.75, 3.05) is 24.8 Å². The lowest BCUT2D eigenvalue weighted by Gasteiger charge is -2.15. The second-order valence-electron chi connectivity index (χ2n) is 3.55. The molecular weight excluding hydrogens is 192 g/mol. The normalized spacial score (nSPS) is 12.2. The molecule has 4 heteroatoms. The van der Waals surface area contributed by atoms with E-state index in [1.54, 1.807) is 13.2 Å². The first-order valence-electron chi connectivity index (χ1n) is 4.97. The molecule has 0 bridgehead atoms. The summed E-state index contributed by atoms with van der Waals surface area (Å²) in [5.74, 6) is 0.730. The Morgan fingerprint density at radius 2 is 2.20 bits per heavy atom. The average molecular weight is 210 g/mol. The number of ether oxygens (including phenoxy) is 1. The van der Waals surface area contributed by atoms with Crippen LogP contribution in [0.4, 0.5) is 11.4 Å². The van der Waals surface area contributed by atoms with Crippen molar-refractivity contribution in [2.45, 2.75) is 19.4 Å².